The molecule has 0 aromatic heterocycles. The van der Waals surface area contributed by atoms with Crippen LogP contribution in [0.5, 0.6) is 0 Å². The van der Waals surface area contributed by atoms with E-state index in [1.807, 2.05) is 24.3 Å². The van der Waals surface area contributed by atoms with Crippen molar-refractivity contribution in [2.24, 2.45) is 0 Å². The summed E-state index contributed by atoms with van der Waals surface area (Å²) in [5.74, 6) is 0. The van der Waals surface area contributed by atoms with Gasteiger partial charge in [0.15, 0.2) is 0 Å². The summed E-state index contributed by atoms with van der Waals surface area (Å²) in [4.78, 5) is 0. The predicted molar refractivity (Wildman–Crippen MR) is 75.0 cm³/mol. The maximum atomic E-state index is 3.19. The second kappa shape index (κ2) is 4.89. The number of hydrogen-bond donors (Lipinski definition) is 0. The van der Waals surface area contributed by atoms with Gasteiger partial charge in [0.25, 0.3) is 0 Å². The van der Waals surface area contributed by atoms with Crippen LogP contribution >= 0.6 is 0 Å². The largest absolute Gasteiger partial charge is 0.0622 e. The Morgan fingerprint density at radius 3 is 1.72 bits per heavy atom. The lowest BCUT2D eigenvalue weighted by atomic mass is 10.0. The summed E-state index contributed by atoms with van der Waals surface area (Å²) in [5.41, 5.74) is 4.63. The molecule has 0 fully saturated rings. The third kappa shape index (κ3) is 2.18. The number of hydrogen-bond acceptors (Lipinski definition) is 0. The first-order chi connectivity index (χ1) is 8.93. The van der Waals surface area contributed by atoms with Crippen LogP contribution in [-0.2, 0) is 0 Å². The quantitative estimate of drug-likeness (QED) is 0.600. The third-order valence-corrected chi connectivity index (χ3v) is 2.93. The Morgan fingerprint density at radius 1 is 0.500 bits per heavy atom. The Labute approximate surface area is 108 Å². The molecule has 3 rings (SSSR count). The van der Waals surface area contributed by atoms with E-state index in [0.29, 0.717) is 0 Å². The van der Waals surface area contributed by atoms with Gasteiger partial charge >= 0.3 is 0 Å². The van der Waals surface area contributed by atoms with Crippen LogP contribution in [-0.4, -0.2) is 0 Å². The summed E-state index contributed by atoms with van der Waals surface area (Å²) >= 11 is 0. The molecule has 3 aromatic carbocycles. The van der Waals surface area contributed by atoms with Crippen molar-refractivity contribution in [3.8, 4) is 22.3 Å². The zero-order chi connectivity index (χ0) is 12.2. The summed E-state index contributed by atoms with van der Waals surface area (Å²) in [6.07, 6.45) is 0. The lowest BCUT2D eigenvalue weighted by Crippen LogP contribution is -1.80. The van der Waals surface area contributed by atoms with E-state index in [2.05, 4.69) is 60.7 Å². The molecule has 84 valence electrons. The van der Waals surface area contributed by atoms with E-state index >= 15 is 0 Å². The number of rotatable bonds is 2. The fourth-order valence-electron chi connectivity index (χ4n) is 1.98. The van der Waals surface area contributed by atoms with Gasteiger partial charge in [-0.3, -0.25) is 0 Å². The molecule has 0 heterocycles. The van der Waals surface area contributed by atoms with Gasteiger partial charge in [0.2, 0.25) is 0 Å². The topological polar surface area (TPSA) is 0 Å². The van der Waals surface area contributed by atoms with Crippen molar-refractivity contribution in [3.05, 3.63) is 84.9 Å². The van der Waals surface area contributed by atoms with E-state index in [0.717, 1.165) is 11.1 Å². The minimum Gasteiger partial charge on any atom is -0.0622 e. The lowest BCUT2D eigenvalue weighted by Gasteiger charge is -2.04. The van der Waals surface area contributed by atoms with Gasteiger partial charge in [-0.2, -0.15) is 0 Å². The monoisotopic (exact) mass is 228 g/mol. The lowest BCUT2D eigenvalue weighted by molar-refractivity contribution is 1.58. The van der Waals surface area contributed by atoms with Gasteiger partial charge in [-0.25, -0.2) is 0 Å². The van der Waals surface area contributed by atoms with Crippen LogP contribution < -0.4 is 0 Å². The summed E-state index contributed by atoms with van der Waals surface area (Å²) in [7, 11) is 0. The Hall–Kier alpha value is -2.34. The average molecular weight is 228 g/mol. The average Bonchev–Trinajstić information content (AvgIpc) is 2.49. The van der Waals surface area contributed by atoms with Gasteiger partial charge in [-0.15, -0.1) is 0 Å². The van der Waals surface area contributed by atoms with Crippen molar-refractivity contribution in [1.82, 2.24) is 0 Å². The minimum atomic E-state index is 1.01. The Bertz CT molecular complexity index is 549. The van der Waals surface area contributed by atoms with E-state index in [1.54, 1.807) is 0 Å². The molecule has 0 atom stereocenters. The Kier molecular flexibility index (Phi) is 2.93. The molecule has 0 amide bonds. The third-order valence-electron chi connectivity index (χ3n) is 2.93. The standard InChI is InChI=1S/C18H12/c1-3-7-15(8-4-1)17-11-13-18(14-12-17)16-9-5-2-6-10-16/h1-8,11-14H. The van der Waals surface area contributed by atoms with E-state index in [1.165, 1.54) is 11.1 Å². The van der Waals surface area contributed by atoms with Crippen LogP contribution in [0.4, 0.5) is 0 Å². The van der Waals surface area contributed by atoms with E-state index in [9.17, 15) is 0 Å². The van der Waals surface area contributed by atoms with Crippen molar-refractivity contribution >= 4 is 0 Å². The van der Waals surface area contributed by atoms with Crippen molar-refractivity contribution in [2.45, 2.75) is 0 Å². The molecule has 0 aliphatic rings. The molecule has 18 heavy (non-hydrogen) atoms. The maximum Gasteiger partial charge on any atom is -0.00264 e. The molecular weight excluding hydrogens is 216 g/mol. The van der Waals surface area contributed by atoms with Gasteiger partial charge in [-0.1, -0.05) is 72.8 Å². The van der Waals surface area contributed by atoms with E-state index in [-0.39, 0.29) is 0 Å². The van der Waals surface area contributed by atoms with E-state index < -0.39 is 0 Å². The molecule has 0 unspecified atom stereocenters. The highest BCUT2D eigenvalue weighted by atomic mass is 14.0. The van der Waals surface area contributed by atoms with Crippen molar-refractivity contribution in [2.75, 3.05) is 0 Å². The summed E-state index contributed by atoms with van der Waals surface area (Å²) in [5, 5.41) is 0. The van der Waals surface area contributed by atoms with Crippen LogP contribution in [0.3, 0.4) is 0 Å². The van der Waals surface area contributed by atoms with Crippen molar-refractivity contribution in [3.63, 3.8) is 0 Å². The molecule has 0 aliphatic carbocycles. The van der Waals surface area contributed by atoms with Gasteiger partial charge in [0.1, 0.15) is 0 Å². The van der Waals surface area contributed by atoms with Crippen LogP contribution in [0.25, 0.3) is 22.3 Å². The van der Waals surface area contributed by atoms with Crippen LogP contribution in [0, 0.1) is 12.1 Å². The van der Waals surface area contributed by atoms with Gasteiger partial charge in [-0.05, 0) is 34.4 Å². The molecule has 0 saturated carbocycles. The molecule has 0 N–H and O–H groups in total. The molecule has 2 radical (unpaired) electrons. The van der Waals surface area contributed by atoms with Gasteiger partial charge < -0.3 is 0 Å². The zero-order valence-corrected chi connectivity index (χ0v) is 9.93. The SMILES string of the molecule is [c]1ccc[c]c1-c1ccc(-c2ccccc2)cc1. The first-order valence-electron chi connectivity index (χ1n) is 5.98. The minimum absolute atomic E-state index is 1.01. The summed E-state index contributed by atoms with van der Waals surface area (Å²) in [6, 6.07) is 31.0. The Morgan fingerprint density at radius 2 is 1.06 bits per heavy atom. The second-order valence-electron chi connectivity index (χ2n) is 4.13. The first-order valence-corrected chi connectivity index (χ1v) is 5.98. The summed E-state index contributed by atoms with van der Waals surface area (Å²) in [6.45, 7) is 0. The van der Waals surface area contributed by atoms with Crippen molar-refractivity contribution < 1.29 is 0 Å². The van der Waals surface area contributed by atoms with Gasteiger partial charge in [0.05, 0.1) is 0 Å². The highest BCUT2D eigenvalue weighted by Crippen LogP contribution is 2.23. The first kappa shape index (κ1) is 10.8. The van der Waals surface area contributed by atoms with Crippen LogP contribution in [0.15, 0.2) is 72.8 Å². The fraction of sp³-hybridized carbons (Fsp3) is 0. The van der Waals surface area contributed by atoms with Gasteiger partial charge in [0, 0.05) is 0 Å². The van der Waals surface area contributed by atoms with Crippen LogP contribution in [0.2, 0.25) is 0 Å². The molecular formula is C18H12. The fourth-order valence-corrected chi connectivity index (χ4v) is 1.98. The highest BCUT2D eigenvalue weighted by molar-refractivity contribution is 5.69. The summed E-state index contributed by atoms with van der Waals surface area (Å²) < 4.78 is 0. The maximum absolute atomic E-state index is 3.19. The molecule has 0 heteroatoms. The molecule has 0 nitrogen and oxygen atoms in total. The zero-order valence-electron chi connectivity index (χ0n) is 9.93. The molecule has 3 aromatic rings. The Balaban J connectivity index is 1.95. The molecule has 0 saturated heterocycles. The molecule has 0 spiro atoms. The number of benzene rings is 3. The predicted octanol–water partition coefficient (Wildman–Crippen LogP) is 4.62. The highest BCUT2D eigenvalue weighted by Gasteiger charge is 1.99. The molecule has 0 aliphatic heterocycles. The van der Waals surface area contributed by atoms with Crippen molar-refractivity contribution in [1.29, 1.82) is 0 Å². The van der Waals surface area contributed by atoms with Crippen LogP contribution in [0.1, 0.15) is 0 Å². The smallest absolute Gasteiger partial charge is 0.00264 e. The molecule has 0 bridgehead atoms. The normalized spacial score (nSPS) is 10.2. The second-order valence-corrected chi connectivity index (χ2v) is 4.13. The van der Waals surface area contributed by atoms with E-state index in [4.69, 9.17) is 0 Å².